The lowest BCUT2D eigenvalue weighted by atomic mass is 10.0. The first-order valence-corrected chi connectivity index (χ1v) is 13.2. The van der Waals surface area contributed by atoms with Crippen molar-refractivity contribution in [3.8, 4) is 0 Å². The fraction of sp³-hybridized carbons (Fsp3) is 0.483. The van der Waals surface area contributed by atoms with Crippen LogP contribution in [0.5, 0.6) is 0 Å². The van der Waals surface area contributed by atoms with Crippen LogP contribution in [-0.2, 0) is 15.8 Å². The highest BCUT2D eigenvalue weighted by atomic mass is 19.4. The summed E-state index contributed by atoms with van der Waals surface area (Å²) in [5, 5.41) is 2.69. The van der Waals surface area contributed by atoms with E-state index in [0.29, 0.717) is 39.0 Å². The van der Waals surface area contributed by atoms with Crippen LogP contribution in [0, 0.1) is 11.7 Å². The number of halogens is 4. The Morgan fingerprint density at radius 3 is 2.23 bits per heavy atom. The van der Waals surface area contributed by atoms with Crippen LogP contribution in [-0.4, -0.2) is 66.7 Å². The summed E-state index contributed by atoms with van der Waals surface area (Å²) in [6.45, 7) is 2.40. The molecule has 39 heavy (non-hydrogen) atoms. The molecular formula is C29H33F4N3O3. The van der Waals surface area contributed by atoms with Crippen molar-refractivity contribution in [1.82, 2.24) is 15.1 Å². The summed E-state index contributed by atoms with van der Waals surface area (Å²) in [7, 11) is 1.96. The summed E-state index contributed by atoms with van der Waals surface area (Å²) in [6, 6.07) is 9.30. The SMILES string of the molecule is CN1CCN(C(=O)[C@H](CCCC(=O)CC2C[C@H]2c2ccc(F)cc2)NC(=O)c2ccc(C(F)(F)F)cc2)CC1. The number of carbonyl (C=O) groups is 3. The molecule has 2 aliphatic rings. The van der Waals surface area contributed by atoms with E-state index >= 15 is 0 Å². The van der Waals surface area contributed by atoms with Gasteiger partial charge < -0.3 is 15.1 Å². The Morgan fingerprint density at radius 1 is 0.974 bits per heavy atom. The topological polar surface area (TPSA) is 69.7 Å². The van der Waals surface area contributed by atoms with Crippen LogP contribution in [0.1, 0.15) is 59.5 Å². The van der Waals surface area contributed by atoms with Crippen molar-refractivity contribution in [1.29, 1.82) is 0 Å². The van der Waals surface area contributed by atoms with Gasteiger partial charge in [-0.3, -0.25) is 14.4 Å². The second kappa shape index (κ2) is 12.3. The summed E-state index contributed by atoms with van der Waals surface area (Å²) in [5.74, 6) is -0.631. The maximum atomic E-state index is 13.3. The predicted octanol–water partition coefficient (Wildman–Crippen LogP) is 4.65. The third kappa shape index (κ3) is 7.88. The van der Waals surface area contributed by atoms with E-state index in [1.165, 1.54) is 12.1 Å². The highest BCUT2D eigenvalue weighted by Crippen LogP contribution is 2.49. The standard InChI is InChI=1S/C29H33F4N3O3/c1-35-13-15-36(16-14-35)28(39)26(34-27(38)20-5-9-22(10-6-20)29(31,32)33)4-2-3-24(37)17-21-18-25(21)19-7-11-23(30)12-8-19/h5-12,21,25-26H,2-4,13-18H2,1H3,(H,34,38)/t21?,25-,26-/m0/s1. The Kier molecular flexibility index (Phi) is 9.04. The van der Waals surface area contributed by atoms with E-state index in [0.717, 1.165) is 36.2 Å². The number of carbonyl (C=O) groups excluding carboxylic acids is 3. The van der Waals surface area contributed by atoms with Gasteiger partial charge in [0, 0.05) is 44.6 Å². The third-order valence-electron chi connectivity index (χ3n) is 7.55. The number of hydrogen-bond acceptors (Lipinski definition) is 4. The van der Waals surface area contributed by atoms with Crippen molar-refractivity contribution in [2.24, 2.45) is 5.92 Å². The maximum absolute atomic E-state index is 13.3. The molecule has 3 atom stereocenters. The predicted molar refractivity (Wildman–Crippen MR) is 137 cm³/mol. The van der Waals surface area contributed by atoms with Crippen LogP contribution < -0.4 is 5.32 Å². The third-order valence-corrected chi connectivity index (χ3v) is 7.55. The number of piperazine rings is 1. The van der Waals surface area contributed by atoms with Crippen molar-refractivity contribution >= 4 is 17.6 Å². The fourth-order valence-corrected chi connectivity index (χ4v) is 5.05. The molecule has 2 fully saturated rings. The number of amides is 2. The van der Waals surface area contributed by atoms with Gasteiger partial charge in [-0.2, -0.15) is 13.2 Å². The fourth-order valence-electron chi connectivity index (χ4n) is 5.05. The Balaban J connectivity index is 1.32. The molecule has 1 saturated heterocycles. The monoisotopic (exact) mass is 547 g/mol. The number of hydrogen-bond donors (Lipinski definition) is 1. The molecule has 210 valence electrons. The van der Waals surface area contributed by atoms with Crippen molar-refractivity contribution in [2.75, 3.05) is 33.2 Å². The van der Waals surface area contributed by atoms with E-state index in [-0.39, 0.29) is 47.7 Å². The van der Waals surface area contributed by atoms with Gasteiger partial charge in [0.15, 0.2) is 0 Å². The number of nitrogens with one attached hydrogen (secondary N) is 1. The molecule has 10 heteroatoms. The molecule has 1 unspecified atom stereocenters. The molecule has 0 bridgehead atoms. The summed E-state index contributed by atoms with van der Waals surface area (Å²) in [5.41, 5.74) is 0.189. The van der Waals surface area contributed by atoms with Crippen LogP contribution in [0.25, 0.3) is 0 Å². The van der Waals surface area contributed by atoms with Crippen LogP contribution in [0.15, 0.2) is 48.5 Å². The largest absolute Gasteiger partial charge is 0.416 e. The lowest BCUT2D eigenvalue weighted by Gasteiger charge is -2.34. The number of benzene rings is 2. The lowest BCUT2D eigenvalue weighted by Crippen LogP contribution is -2.54. The molecule has 0 spiro atoms. The zero-order chi connectivity index (χ0) is 28.2. The molecule has 0 aromatic heterocycles. The van der Waals surface area contributed by atoms with Gasteiger partial charge in [-0.15, -0.1) is 0 Å². The van der Waals surface area contributed by atoms with Gasteiger partial charge in [0.25, 0.3) is 5.91 Å². The van der Waals surface area contributed by atoms with Crippen LogP contribution in [0.3, 0.4) is 0 Å². The van der Waals surface area contributed by atoms with Gasteiger partial charge in [0.05, 0.1) is 5.56 Å². The van der Waals surface area contributed by atoms with Crippen molar-refractivity contribution < 1.29 is 31.9 Å². The Morgan fingerprint density at radius 2 is 1.62 bits per heavy atom. The number of nitrogens with zero attached hydrogens (tertiary/aromatic N) is 2. The number of Topliss-reactive ketones (excluding diaryl/α,β-unsaturated/α-hetero) is 1. The van der Waals surface area contributed by atoms with E-state index in [1.807, 2.05) is 7.05 Å². The van der Waals surface area contributed by atoms with Gasteiger partial charge >= 0.3 is 6.18 Å². The minimum absolute atomic E-state index is 0.0239. The molecule has 1 aliphatic carbocycles. The zero-order valence-corrected chi connectivity index (χ0v) is 21.8. The molecule has 1 heterocycles. The van der Waals surface area contributed by atoms with E-state index in [9.17, 15) is 31.9 Å². The second-order valence-electron chi connectivity index (χ2n) is 10.5. The van der Waals surface area contributed by atoms with Crippen molar-refractivity contribution in [3.63, 3.8) is 0 Å². The number of rotatable bonds is 10. The highest BCUT2D eigenvalue weighted by molar-refractivity contribution is 5.97. The zero-order valence-electron chi connectivity index (χ0n) is 21.8. The molecule has 1 N–H and O–H groups in total. The van der Waals surface area contributed by atoms with Gasteiger partial charge in [0.2, 0.25) is 5.91 Å². The van der Waals surface area contributed by atoms with Crippen molar-refractivity contribution in [3.05, 3.63) is 71.0 Å². The first-order valence-electron chi connectivity index (χ1n) is 13.2. The average Bonchev–Trinajstić information content (AvgIpc) is 3.66. The molecule has 4 rings (SSSR count). The Labute approximate surface area is 225 Å². The van der Waals surface area contributed by atoms with Gasteiger partial charge in [-0.25, -0.2) is 4.39 Å². The normalized spacial score (nSPS) is 20.4. The smallest absolute Gasteiger partial charge is 0.340 e. The number of alkyl halides is 3. The molecule has 2 aromatic rings. The molecule has 2 amide bonds. The molecule has 2 aromatic carbocycles. The van der Waals surface area contributed by atoms with Gasteiger partial charge in [-0.1, -0.05) is 12.1 Å². The molecule has 0 radical (unpaired) electrons. The second-order valence-corrected chi connectivity index (χ2v) is 10.5. The van der Waals surface area contributed by atoms with Crippen LogP contribution >= 0.6 is 0 Å². The summed E-state index contributed by atoms with van der Waals surface area (Å²) < 4.78 is 51.8. The van der Waals surface area contributed by atoms with E-state index in [2.05, 4.69) is 10.2 Å². The summed E-state index contributed by atoms with van der Waals surface area (Å²) in [6.07, 6.45) is -2.32. The minimum atomic E-state index is -4.51. The van der Waals surface area contributed by atoms with Crippen LogP contribution in [0.4, 0.5) is 17.6 Å². The molecule has 1 aliphatic heterocycles. The Hall–Kier alpha value is -3.27. The molecule has 1 saturated carbocycles. The van der Waals surface area contributed by atoms with Gasteiger partial charge in [-0.05, 0) is 80.1 Å². The first-order chi connectivity index (χ1) is 18.5. The van der Waals surface area contributed by atoms with E-state index in [1.54, 1.807) is 17.0 Å². The first kappa shape index (κ1) is 28.7. The number of likely N-dealkylation sites (N-methyl/N-ethyl adjacent to an activating group) is 1. The van der Waals surface area contributed by atoms with Crippen molar-refractivity contribution in [2.45, 2.75) is 50.2 Å². The van der Waals surface area contributed by atoms with Crippen LogP contribution in [0.2, 0.25) is 0 Å². The minimum Gasteiger partial charge on any atom is -0.340 e. The Bertz CT molecular complexity index is 1160. The summed E-state index contributed by atoms with van der Waals surface area (Å²) in [4.78, 5) is 42.5. The average molecular weight is 548 g/mol. The lowest BCUT2D eigenvalue weighted by molar-refractivity contribution is -0.137. The van der Waals surface area contributed by atoms with Gasteiger partial charge in [0.1, 0.15) is 17.6 Å². The van der Waals surface area contributed by atoms with E-state index < -0.39 is 23.7 Å². The molecular weight excluding hydrogens is 514 g/mol. The van der Waals surface area contributed by atoms with E-state index in [4.69, 9.17) is 0 Å². The molecule has 6 nitrogen and oxygen atoms in total. The number of ketones is 1. The highest BCUT2D eigenvalue weighted by Gasteiger charge is 2.39. The maximum Gasteiger partial charge on any atom is 0.416 e. The summed E-state index contributed by atoms with van der Waals surface area (Å²) >= 11 is 0. The quantitative estimate of drug-likeness (QED) is 0.440.